The van der Waals surface area contributed by atoms with Crippen molar-refractivity contribution in [2.24, 2.45) is 5.73 Å². The topological polar surface area (TPSA) is 68.5 Å². The summed E-state index contributed by atoms with van der Waals surface area (Å²) in [6.07, 6.45) is 3.56. The van der Waals surface area contributed by atoms with E-state index in [1.54, 1.807) is 6.07 Å². The van der Waals surface area contributed by atoms with Gasteiger partial charge in [-0.3, -0.25) is 4.90 Å². The second kappa shape index (κ2) is 6.81. The Balaban J connectivity index is 2.10. The average molecular weight is 277 g/mol. The minimum absolute atomic E-state index is 0.152. The lowest BCUT2D eigenvalue weighted by molar-refractivity contribution is 0.0593. The second-order valence-corrected chi connectivity index (χ2v) is 5.40. The van der Waals surface area contributed by atoms with Crippen molar-refractivity contribution in [3.63, 3.8) is 0 Å². The third kappa shape index (κ3) is 3.55. The van der Waals surface area contributed by atoms with Crippen molar-refractivity contribution in [1.82, 2.24) is 9.88 Å². The number of hydrogen-bond acceptors (Lipinski definition) is 5. The first-order valence-corrected chi connectivity index (χ1v) is 7.15. The molecule has 0 aromatic carbocycles. The molecule has 1 aliphatic rings. The highest BCUT2D eigenvalue weighted by Crippen LogP contribution is 2.21. The van der Waals surface area contributed by atoms with Gasteiger partial charge < -0.3 is 10.5 Å². The van der Waals surface area contributed by atoms with E-state index >= 15 is 0 Å². The fraction of sp³-hybridized carbons (Fsp3) is 0.600. The predicted octanol–water partition coefficient (Wildman–Crippen LogP) is 1.57. The zero-order chi connectivity index (χ0) is 14.5. The molecule has 1 saturated heterocycles. The molecule has 0 aliphatic carbocycles. The van der Waals surface area contributed by atoms with Gasteiger partial charge in [-0.2, -0.15) is 0 Å². The molecule has 1 aliphatic heterocycles. The first-order valence-electron chi connectivity index (χ1n) is 7.15. The van der Waals surface area contributed by atoms with Gasteiger partial charge in [0.05, 0.1) is 12.8 Å². The van der Waals surface area contributed by atoms with E-state index in [-0.39, 0.29) is 6.04 Å². The molecule has 0 amide bonds. The number of methoxy groups -OCH3 is 1. The third-order valence-corrected chi connectivity index (χ3v) is 3.84. The van der Waals surface area contributed by atoms with Crippen LogP contribution < -0.4 is 5.73 Å². The van der Waals surface area contributed by atoms with Gasteiger partial charge in [0.1, 0.15) is 5.69 Å². The number of aromatic nitrogens is 1. The van der Waals surface area contributed by atoms with Crippen molar-refractivity contribution < 1.29 is 9.53 Å². The van der Waals surface area contributed by atoms with Crippen LogP contribution in [-0.4, -0.2) is 41.6 Å². The van der Waals surface area contributed by atoms with Crippen LogP contribution in [0.3, 0.4) is 0 Å². The molecule has 2 heterocycles. The Kier molecular flexibility index (Phi) is 5.09. The standard InChI is InChI=1S/C15H23N3O2/c1-11(16)14-8-3-4-9-18(14)10-12-6-5-7-13(17-12)15(19)20-2/h5-7,11,14H,3-4,8-10,16H2,1-2H3. The largest absolute Gasteiger partial charge is 0.464 e. The Morgan fingerprint density at radius 1 is 1.55 bits per heavy atom. The van der Waals surface area contributed by atoms with Crippen LogP contribution >= 0.6 is 0 Å². The lowest BCUT2D eigenvalue weighted by Gasteiger charge is -2.37. The maximum Gasteiger partial charge on any atom is 0.356 e. The molecule has 1 fully saturated rings. The number of esters is 1. The number of carbonyl (C=O) groups is 1. The van der Waals surface area contributed by atoms with Crippen molar-refractivity contribution in [3.05, 3.63) is 29.6 Å². The van der Waals surface area contributed by atoms with Gasteiger partial charge in [0.15, 0.2) is 0 Å². The zero-order valence-corrected chi connectivity index (χ0v) is 12.2. The lowest BCUT2D eigenvalue weighted by atomic mass is 9.97. The highest BCUT2D eigenvalue weighted by Gasteiger charge is 2.25. The van der Waals surface area contributed by atoms with Crippen LogP contribution in [-0.2, 0) is 11.3 Å². The maximum atomic E-state index is 11.5. The van der Waals surface area contributed by atoms with E-state index in [2.05, 4.69) is 16.8 Å². The van der Waals surface area contributed by atoms with Crippen molar-refractivity contribution in [3.8, 4) is 0 Å². The van der Waals surface area contributed by atoms with Gasteiger partial charge in [-0.1, -0.05) is 12.5 Å². The maximum absolute atomic E-state index is 11.5. The predicted molar refractivity (Wildman–Crippen MR) is 77.3 cm³/mol. The van der Waals surface area contributed by atoms with Gasteiger partial charge in [-0.05, 0) is 38.4 Å². The van der Waals surface area contributed by atoms with E-state index < -0.39 is 5.97 Å². The second-order valence-electron chi connectivity index (χ2n) is 5.40. The molecule has 2 N–H and O–H groups in total. The van der Waals surface area contributed by atoms with Crippen LogP contribution in [0.5, 0.6) is 0 Å². The van der Waals surface area contributed by atoms with Crippen molar-refractivity contribution in [2.45, 2.75) is 44.8 Å². The minimum Gasteiger partial charge on any atom is -0.464 e. The number of nitrogens with zero attached hydrogens (tertiary/aromatic N) is 2. The molecule has 0 radical (unpaired) electrons. The smallest absolute Gasteiger partial charge is 0.356 e. The summed E-state index contributed by atoms with van der Waals surface area (Å²) in [4.78, 5) is 18.3. The summed E-state index contributed by atoms with van der Waals surface area (Å²) in [5.41, 5.74) is 7.32. The Hall–Kier alpha value is -1.46. The molecular weight excluding hydrogens is 254 g/mol. The molecule has 2 atom stereocenters. The number of nitrogens with two attached hydrogens (primary N) is 1. The van der Waals surface area contributed by atoms with Gasteiger partial charge in [-0.15, -0.1) is 0 Å². The molecule has 1 aromatic rings. The van der Waals surface area contributed by atoms with E-state index in [1.807, 2.05) is 12.1 Å². The Labute approximate surface area is 120 Å². The molecule has 2 rings (SSSR count). The highest BCUT2D eigenvalue weighted by atomic mass is 16.5. The molecule has 20 heavy (non-hydrogen) atoms. The van der Waals surface area contributed by atoms with Crippen LogP contribution in [0.2, 0.25) is 0 Å². The first kappa shape index (κ1) is 14.9. The zero-order valence-electron chi connectivity index (χ0n) is 12.2. The van der Waals surface area contributed by atoms with Crippen molar-refractivity contribution in [1.29, 1.82) is 0 Å². The van der Waals surface area contributed by atoms with Crippen LogP contribution in [0, 0.1) is 0 Å². The number of carbonyl (C=O) groups excluding carboxylic acids is 1. The average Bonchev–Trinajstić information content (AvgIpc) is 2.47. The molecule has 0 saturated carbocycles. The Morgan fingerprint density at radius 2 is 2.35 bits per heavy atom. The van der Waals surface area contributed by atoms with E-state index in [0.29, 0.717) is 11.7 Å². The summed E-state index contributed by atoms with van der Waals surface area (Å²) in [6, 6.07) is 6.01. The number of piperidine rings is 1. The molecular formula is C15H23N3O2. The van der Waals surface area contributed by atoms with Gasteiger partial charge in [-0.25, -0.2) is 9.78 Å². The normalized spacial score (nSPS) is 21.4. The SMILES string of the molecule is COC(=O)c1cccc(CN2CCCCC2C(C)N)n1. The molecule has 5 heteroatoms. The molecule has 2 unspecified atom stereocenters. The number of ether oxygens (including phenoxy) is 1. The highest BCUT2D eigenvalue weighted by molar-refractivity contribution is 5.87. The number of pyridine rings is 1. The van der Waals surface area contributed by atoms with Crippen molar-refractivity contribution in [2.75, 3.05) is 13.7 Å². The first-order chi connectivity index (χ1) is 9.61. The van der Waals surface area contributed by atoms with Gasteiger partial charge >= 0.3 is 5.97 Å². The van der Waals surface area contributed by atoms with E-state index in [4.69, 9.17) is 10.5 Å². The summed E-state index contributed by atoms with van der Waals surface area (Å²) in [5.74, 6) is -0.394. The van der Waals surface area contributed by atoms with Gasteiger partial charge in [0.25, 0.3) is 0 Å². The minimum atomic E-state index is -0.394. The molecule has 110 valence electrons. The molecule has 0 spiro atoms. The van der Waals surface area contributed by atoms with Gasteiger partial charge in [0, 0.05) is 18.6 Å². The number of likely N-dealkylation sites (tertiary alicyclic amines) is 1. The number of hydrogen-bond donors (Lipinski definition) is 1. The summed E-state index contributed by atoms with van der Waals surface area (Å²) in [7, 11) is 1.37. The molecule has 0 bridgehead atoms. The molecule has 1 aromatic heterocycles. The van der Waals surface area contributed by atoms with Crippen LogP contribution in [0.1, 0.15) is 42.4 Å². The third-order valence-electron chi connectivity index (χ3n) is 3.84. The monoisotopic (exact) mass is 277 g/mol. The Morgan fingerprint density at radius 3 is 3.05 bits per heavy atom. The summed E-state index contributed by atoms with van der Waals surface area (Å²) in [5, 5.41) is 0. The summed E-state index contributed by atoms with van der Waals surface area (Å²) in [6.45, 7) is 3.83. The summed E-state index contributed by atoms with van der Waals surface area (Å²) < 4.78 is 4.71. The Bertz CT molecular complexity index is 462. The quantitative estimate of drug-likeness (QED) is 0.846. The van der Waals surface area contributed by atoms with Crippen LogP contribution in [0.25, 0.3) is 0 Å². The van der Waals surface area contributed by atoms with E-state index in [1.165, 1.54) is 20.0 Å². The fourth-order valence-corrected chi connectivity index (χ4v) is 2.80. The number of rotatable bonds is 4. The summed E-state index contributed by atoms with van der Waals surface area (Å²) >= 11 is 0. The van der Waals surface area contributed by atoms with Crippen LogP contribution in [0.15, 0.2) is 18.2 Å². The van der Waals surface area contributed by atoms with E-state index in [0.717, 1.165) is 25.2 Å². The lowest BCUT2D eigenvalue weighted by Crippen LogP contribution is -2.48. The van der Waals surface area contributed by atoms with E-state index in [9.17, 15) is 4.79 Å². The van der Waals surface area contributed by atoms with Crippen molar-refractivity contribution >= 4 is 5.97 Å². The fourth-order valence-electron chi connectivity index (χ4n) is 2.80. The van der Waals surface area contributed by atoms with Gasteiger partial charge in [0.2, 0.25) is 0 Å². The van der Waals surface area contributed by atoms with Crippen LogP contribution in [0.4, 0.5) is 0 Å². The molecule has 5 nitrogen and oxygen atoms in total.